The molecule has 0 atom stereocenters. The lowest BCUT2D eigenvalue weighted by Crippen LogP contribution is -2.38. The first-order chi connectivity index (χ1) is 17.5. The standard InChI is InChI=1S/C28H36N6O2/c1-28(2,25-30-26(29)32-27(31-25)34-12-16-36-17-13-34)19-23-7-3-4-9-24(23)22-8-5-6-21(18-22)20-33-10-14-35-15-11-33/h3-9,18H,10-17,19-20H2,1-2H3,(H2,29,30,31,32). The number of rotatable bonds is 7. The normalized spacial score (nSPS) is 17.3. The molecule has 2 N–H and O–H groups in total. The van der Waals surface area contributed by atoms with Gasteiger partial charge >= 0.3 is 0 Å². The third-order valence-electron chi connectivity index (χ3n) is 6.94. The highest BCUT2D eigenvalue weighted by Crippen LogP contribution is 2.32. The highest BCUT2D eigenvalue weighted by molar-refractivity contribution is 5.68. The minimum absolute atomic E-state index is 0.263. The highest BCUT2D eigenvalue weighted by Gasteiger charge is 2.28. The third-order valence-corrected chi connectivity index (χ3v) is 6.94. The van der Waals surface area contributed by atoms with Crippen LogP contribution in [0.4, 0.5) is 11.9 Å². The van der Waals surface area contributed by atoms with Crippen LogP contribution in [-0.4, -0.2) is 72.5 Å². The van der Waals surface area contributed by atoms with Crippen molar-refractivity contribution in [3.05, 3.63) is 65.5 Å². The third kappa shape index (κ3) is 5.83. The maximum atomic E-state index is 6.14. The predicted molar refractivity (Wildman–Crippen MR) is 142 cm³/mol. The van der Waals surface area contributed by atoms with Crippen LogP contribution in [0.1, 0.15) is 30.8 Å². The lowest BCUT2D eigenvalue weighted by atomic mass is 9.82. The molecule has 0 saturated carbocycles. The van der Waals surface area contributed by atoms with Crippen molar-refractivity contribution in [2.45, 2.75) is 32.2 Å². The van der Waals surface area contributed by atoms with Gasteiger partial charge in [0.05, 0.1) is 26.4 Å². The van der Waals surface area contributed by atoms with Gasteiger partial charge in [0.2, 0.25) is 11.9 Å². The van der Waals surface area contributed by atoms with Crippen LogP contribution in [0.15, 0.2) is 48.5 Å². The lowest BCUT2D eigenvalue weighted by Gasteiger charge is -2.29. The largest absolute Gasteiger partial charge is 0.379 e. The molecule has 2 aliphatic rings. The molecule has 1 aromatic heterocycles. The maximum Gasteiger partial charge on any atom is 0.230 e. The van der Waals surface area contributed by atoms with Crippen molar-refractivity contribution in [3.8, 4) is 11.1 Å². The van der Waals surface area contributed by atoms with Gasteiger partial charge in [0.1, 0.15) is 5.82 Å². The summed E-state index contributed by atoms with van der Waals surface area (Å²) in [5.41, 5.74) is 10.9. The zero-order valence-corrected chi connectivity index (χ0v) is 21.3. The van der Waals surface area contributed by atoms with Crippen LogP contribution in [0.3, 0.4) is 0 Å². The van der Waals surface area contributed by atoms with Gasteiger partial charge in [-0.15, -0.1) is 0 Å². The van der Waals surface area contributed by atoms with E-state index in [0.29, 0.717) is 25.0 Å². The molecule has 0 amide bonds. The Morgan fingerprint density at radius 3 is 2.36 bits per heavy atom. The van der Waals surface area contributed by atoms with Crippen molar-refractivity contribution in [1.82, 2.24) is 19.9 Å². The fraction of sp³-hybridized carbons (Fsp3) is 0.464. The average molecular weight is 489 g/mol. The summed E-state index contributed by atoms with van der Waals surface area (Å²) in [5, 5.41) is 0. The van der Waals surface area contributed by atoms with Gasteiger partial charge in [-0.25, -0.2) is 0 Å². The van der Waals surface area contributed by atoms with E-state index in [4.69, 9.17) is 20.2 Å². The Hall–Kier alpha value is -3.07. The molecule has 2 aromatic carbocycles. The molecule has 8 nitrogen and oxygen atoms in total. The van der Waals surface area contributed by atoms with Gasteiger partial charge in [-0.2, -0.15) is 15.0 Å². The van der Waals surface area contributed by atoms with Crippen molar-refractivity contribution in [1.29, 1.82) is 0 Å². The first-order valence-electron chi connectivity index (χ1n) is 12.8. The summed E-state index contributed by atoms with van der Waals surface area (Å²) in [6, 6.07) is 17.5. The SMILES string of the molecule is CC(C)(Cc1ccccc1-c1cccc(CN2CCOCC2)c1)c1nc(N)nc(N2CCOCC2)n1. The Labute approximate surface area is 213 Å². The molecule has 36 heavy (non-hydrogen) atoms. The fourth-order valence-corrected chi connectivity index (χ4v) is 4.95. The minimum atomic E-state index is -0.334. The van der Waals surface area contributed by atoms with Crippen molar-refractivity contribution in [2.75, 3.05) is 63.2 Å². The predicted octanol–water partition coefficient (Wildman–Crippen LogP) is 3.31. The summed E-state index contributed by atoms with van der Waals surface area (Å²) in [7, 11) is 0. The second-order valence-electron chi connectivity index (χ2n) is 10.2. The maximum absolute atomic E-state index is 6.14. The lowest BCUT2D eigenvalue weighted by molar-refractivity contribution is 0.0342. The number of hydrogen-bond donors (Lipinski definition) is 1. The van der Waals surface area contributed by atoms with E-state index in [2.05, 4.69) is 82.1 Å². The Morgan fingerprint density at radius 1 is 0.861 bits per heavy atom. The van der Waals surface area contributed by atoms with Crippen molar-refractivity contribution in [2.24, 2.45) is 0 Å². The molecule has 2 saturated heterocycles. The first-order valence-corrected chi connectivity index (χ1v) is 12.8. The van der Waals surface area contributed by atoms with Gasteiger partial charge < -0.3 is 20.1 Å². The molecule has 0 radical (unpaired) electrons. The van der Waals surface area contributed by atoms with Crippen molar-refractivity contribution < 1.29 is 9.47 Å². The molecule has 0 bridgehead atoms. The number of benzene rings is 2. The number of hydrogen-bond acceptors (Lipinski definition) is 8. The monoisotopic (exact) mass is 488 g/mol. The smallest absolute Gasteiger partial charge is 0.230 e. The number of morpholine rings is 2. The fourth-order valence-electron chi connectivity index (χ4n) is 4.95. The Bertz CT molecular complexity index is 1170. The van der Waals surface area contributed by atoms with E-state index in [-0.39, 0.29) is 11.4 Å². The van der Waals surface area contributed by atoms with Crippen LogP contribution in [-0.2, 0) is 27.9 Å². The second-order valence-corrected chi connectivity index (χ2v) is 10.2. The van der Waals surface area contributed by atoms with Crippen LogP contribution in [0.25, 0.3) is 11.1 Å². The van der Waals surface area contributed by atoms with Gasteiger partial charge in [-0.05, 0) is 34.7 Å². The topological polar surface area (TPSA) is 89.6 Å². The molecular formula is C28H36N6O2. The highest BCUT2D eigenvalue weighted by atomic mass is 16.5. The number of ether oxygens (including phenoxy) is 2. The molecule has 2 aliphatic heterocycles. The summed E-state index contributed by atoms with van der Waals surface area (Å²) >= 11 is 0. The van der Waals surface area contributed by atoms with Gasteiger partial charge in [-0.3, -0.25) is 4.90 Å². The van der Waals surface area contributed by atoms with Gasteiger partial charge in [-0.1, -0.05) is 56.3 Å². The number of anilines is 2. The second kappa shape index (κ2) is 10.9. The van der Waals surface area contributed by atoms with Crippen molar-refractivity contribution in [3.63, 3.8) is 0 Å². The van der Waals surface area contributed by atoms with Crippen LogP contribution < -0.4 is 10.6 Å². The van der Waals surface area contributed by atoms with E-state index < -0.39 is 0 Å². The van der Waals surface area contributed by atoms with E-state index in [1.165, 1.54) is 22.3 Å². The molecule has 0 unspecified atom stereocenters. The molecule has 0 spiro atoms. The summed E-state index contributed by atoms with van der Waals surface area (Å²) < 4.78 is 11.0. The molecule has 3 heterocycles. The first kappa shape index (κ1) is 24.6. The van der Waals surface area contributed by atoms with Gasteiger partial charge in [0, 0.05) is 38.1 Å². The van der Waals surface area contributed by atoms with E-state index in [0.717, 1.165) is 52.4 Å². The number of nitrogen functional groups attached to an aromatic ring is 1. The van der Waals surface area contributed by atoms with E-state index >= 15 is 0 Å². The number of nitrogens with zero attached hydrogens (tertiary/aromatic N) is 5. The quantitative estimate of drug-likeness (QED) is 0.542. The molecule has 8 heteroatoms. The molecular weight excluding hydrogens is 452 g/mol. The van der Waals surface area contributed by atoms with Crippen LogP contribution in [0, 0.1) is 0 Å². The van der Waals surface area contributed by atoms with Crippen LogP contribution >= 0.6 is 0 Å². The van der Waals surface area contributed by atoms with Crippen LogP contribution in [0.2, 0.25) is 0 Å². The molecule has 5 rings (SSSR count). The summed E-state index contributed by atoms with van der Waals surface area (Å²) in [4.78, 5) is 18.4. The molecule has 190 valence electrons. The Morgan fingerprint density at radius 2 is 1.58 bits per heavy atom. The summed E-state index contributed by atoms with van der Waals surface area (Å²) in [6.07, 6.45) is 0.781. The van der Waals surface area contributed by atoms with Crippen LogP contribution in [0.5, 0.6) is 0 Å². The molecule has 3 aromatic rings. The Balaban J connectivity index is 1.39. The van der Waals surface area contributed by atoms with Gasteiger partial charge in [0.15, 0.2) is 0 Å². The van der Waals surface area contributed by atoms with Gasteiger partial charge in [0.25, 0.3) is 0 Å². The van der Waals surface area contributed by atoms with E-state index in [1.54, 1.807) is 0 Å². The summed E-state index contributed by atoms with van der Waals surface area (Å²) in [5.74, 6) is 1.61. The number of nitrogens with two attached hydrogens (primary N) is 1. The average Bonchev–Trinajstić information content (AvgIpc) is 2.90. The minimum Gasteiger partial charge on any atom is -0.379 e. The summed E-state index contributed by atoms with van der Waals surface area (Å²) in [6.45, 7) is 11.7. The zero-order valence-electron chi connectivity index (χ0n) is 21.3. The zero-order chi connectivity index (χ0) is 25.0. The van der Waals surface area contributed by atoms with Crippen molar-refractivity contribution >= 4 is 11.9 Å². The van der Waals surface area contributed by atoms with E-state index in [1.807, 2.05) is 0 Å². The van der Waals surface area contributed by atoms with E-state index in [9.17, 15) is 0 Å². The Kier molecular flexibility index (Phi) is 7.46. The number of aromatic nitrogens is 3. The molecule has 0 aliphatic carbocycles. The molecule has 2 fully saturated rings.